The third-order valence-electron chi connectivity index (χ3n) is 5.28. The van der Waals surface area contributed by atoms with Crippen molar-refractivity contribution in [3.05, 3.63) is 57.6 Å². The molecule has 3 rings (SSSR count). The number of hydrogen-bond acceptors (Lipinski definition) is 3. The molecule has 3 heteroatoms. The molecule has 1 N–H and O–H groups in total. The molecular weight excluding hydrogens is 300 g/mol. The molecule has 0 saturated heterocycles. The Balaban J connectivity index is 2.24. The standard InChI is InChI=1S/C21H26O3/c1-12-13(2)20-17(14(3)19(12)23-6)18(21(4,5)24-20)16-9-7-15(11-22)8-10-16/h7-10,18,22H,11H2,1-6H3. The first-order valence-electron chi connectivity index (χ1n) is 8.38. The van der Waals surface area contributed by atoms with Gasteiger partial charge in [-0.25, -0.2) is 0 Å². The van der Waals surface area contributed by atoms with Gasteiger partial charge in [0.2, 0.25) is 0 Å². The lowest BCUT2D eigenvalue weighted by Gasteiger charge is -2.27. The molecule has 2 aromatic carbocycles. The number of aliphatic hydroxyl groups excluding tert-OH is 1. The van der Waals surface area contributed by atoms with Crippen LogP contribution in [-0.4, -0.2) is 17.8 Å². The highest BCUT2D eigenvalue weighted by Crippen LogP contribution is 2.53. The van der Waals surface area contributed by atoms with Gasteiger partial charge in [0.05, 0.1) is 19.6 Å². The first-order valence-corrected chi connectivity index (χ1v) is 8.38. The van der Waals surface area contributed by atoms with E-state index >= 15 is 0 Å². The SMILES string of the molecule is COc1c(C)c(C)c2c(c1C)C(c1ccc(CO)cc1)C(C)(C)O2. The minimum absolute atomic E-state index is 0.0621. The molecule has 3 nitrogen and oxygen atoms in total. The molecule has 1 atom stereocenters. The number of ether oxygens (including phenoxy) is 2. The predicted molar refractivity (Wildman–Crippen MR) is 96.1 cm³/mol. The van der Waals surface area contributed by atoms with Gasteiger partial charge in [0.25, 0.3) is 0 Å². The summed E-state index contributed by atoms with van der Waals surface area (Å²) in [7, 11) is 1.73. The van der Waals surface area contributed by atoms with Crippen LogP contribution in [0.15, 0.2) is 24.3 Å². The van der Waals surface area contributed by atoms with Crippen LogP contribution in [-0.2, 0) is 6.61 Å². The Morgan fingerprint density at radius 1 is 1.04 bits per heavy atom. The zero-order valence-corrected chi connectivity index (χ0v) is 15.4. The molecule has 1 aliphatic heterocycles. The molecule has 1 unspecified atom stereocenters. The van der Waals surface area contributed by atoms with Crippen molar-refractivity contribution >= 4 is 0 Å². The average Bonchev–Trinajstić information content (AvgIpc) is 2.85. The van der Waals surface area contributed by atoms with Crippen LogP contribution in [0, 0.1) is 20.8 Å². The van der Waals surface area contributed by atoms with Crippen molar-refractivity contribution in [3.8, 4) is 11.5 Å². The van der Waals surface area contributed by atoms with Gasteiger partial charge in [-0.2, -0.15) is 0 Å². The lowest BCUT2D eigenvalue weighted by molar-refractivity contribution is 0.121. The zero-order valence-electron chi connectivity index (χ0n) is 15.4. The number of fused-ring (bicyclic) bond motifs is 1. The molecule has 128 valence electrons. The monoisotopic (exact) mass is 326 g/mol. The minimum atomic E-state index is -0.336. The van der Waals surface area contributed by atoms with Crippen LogP contribution in [0.25, 0.3) is 0 Å². The van der Waals surface area contributed by atoms with Crippen LogP contribution in [0.3, 0.4) is 0 Å². The van der Waals surface area contributed by atoms with E-state index < -0.39 is 0 Å². The third-order valence-corrected chi connectivity index (χ3v) is 5.28. The Morgan fingerprint density at radius 2 is 1.67 bits per heavy atom. The van der Waals surface area contributed by atoms with Gasteiger partial charge in [-0.05, 0) is 62.4 Å². The fourth-order valence-electron chi connectivity index (χ4n) is 3.95. The van der Waals surface area contributed by atoms with Crippen molar-refractivity contribution in [2.45, 2.75) is 52.7 Å². The maximum absolute atomic E-state index is 9.29. The second kappa shape index (κ2) is 5.82. The summed E-state index contributed by atoms with van der Waals surface area (Å²) in [5.74, 6) is 2.07. The van der Waals surface area contributed by atoms with E-state index in [0.717, 1.165) is 33.8 Å². The molecule has 0 spiro atoms. The van der Waals surface area contributed by atoms with Gasteiger partial charge in [0.15, 0.2) is 0 Å². The maximum atomic E-state index is 9.29. The number of aliphatic hydroxyl groups is 1. The summed E-state index contributed by atoms with van der Waals surface area (Å²) in [5, 5.41) is 9.29. The van der Waals surface area contributed by atoms with Crippen LogP contribution in [0.1, 0.15) is 53.1 Å². The summed E-state index contributed by atoms with van der Waals surface area (Å²) >= 11 is 0. The third kappa shape index (κ3) is 2.39. The number of hydrogen-bond donors (Lipinski definition) is 1. The van der Waals surface area contributed by atoms with Crippen molar-refractivity contribution in [2.24, 2.45) is 0 Å². The molecule has 0 radical (unpaired) electrons. The summed E-state index contributed by atoms with van der Waals surface area (Å²) < 4.78 is 12.1. The van der Waals surface area contributed by atoms with Crippen molar-refractivity contribution < 1.29 is 14.6 Å². The average molecular weight is 326 g/mol. The Morgan fingerprint density at radius 3 is 2.21 bits per heavy atom. The van der Waals surface area contributed by atoms with Gasteiger partial charge in [0.1, 0.15) is 17.1 Å². The number of methoxy groups -OCH3 is 1. The lowest BCUT2D eigenvalue weighted by Crippen LogP contribution is -2.31. The van der Waals surface area contributed by atoms with E-state index in [4.69, 9.17) is 9.47 Å². The molecule has 1 aliphatic rings. The molecule has 0 fully saturated rings. The Labute approximate surface area is 144 Å². The maximum Gasteiger partial charge on any atom is 0.127 e. The first-order chi connectivity index (χ1) is 11.3. The topological polar surface area (TPSA) is 38.7 Å². The predicted octanol–water partition coefficient (Wildman–Crippen LogP) is 4.42. The Bertz CT molecular complexity index is 773. The Kier molecular flexibility index (Phi) is 4.08. The van der Waals surface area contributed by atoms with Crippen LogP contribution in [0.4, 0.5) is 0 Å². The first kappa shape index (κ1) is 16.8. The van der Waals surface area contributed by atoms with E-state index in [1.165, 1.54) is 11.1 Å². The molecule has 0 saturated carbocycles. The van der Waals surface area contributed by atoms with Gasteiger partial charge in [-0.15, -0.1) is 0 Å². The fraction of sp³-hybridized carbons (Fsp3) is 0.429. The molecular formula is C21H26O3. The van der Waals surface area contributed by atoms with Gasteiger partial charge in [0, 0.05) is 5.56 Å². The summed E-state index contributed by atoms with van der Waals surface area (Å²) in [4.78, 5) is 0. The lowest BCUT2D eigenvalue weighted by atomic mass is 9.78. The van der Waals surface area contributed by atoms with E-state index in [-0.39, 0.29) is 18.1 Å². The van der Waals surface area contributed by atoms with Gasteiger partial charge in [-0.1, -0.05) is 24.3 Å². The molecule has 24 heavy (non-hydrogen) atoms. The van der Waals surface area contributed by atoms with Crippen molar-refractivity contribution in [1.29, 1.82) is 0 Å². The van der Waals surface area contributed by atoms with E-state index in [1.807, 2.05) is 12.1 Å². The number of benzene rings is 2. The van der Waals surface area contributed by atoms with Crippen molar-refractivity contribution in [2.75, 3.05) is 7.11 Å². The quantitative estimate of drug-likeness (QED) is 0.907. The highest BCUT2D eigenvalue weighted by atomic mass is 16.5. The summed E-state index contributed by atoms with van der Waals surface area (Å²) in [6.07, 6.45) is 0. The van der Waals surface area contributed by atoms with Gasteiger partial charge in [-0.3, -0.25) is 0 Å². The van der Waals surface area contributed by atoms with Gasteiger partial charge < -0.3 is 14.6 Å². The highest BCUT2D eigenvalue weighted by molar-refractivity contribution is 5.64. The Hall–Kier alpha value is -2.00. The largest absolute Gasteiger partial charge is 0.496 e. The van der Waals surface area contributed by atoms with Crippen LogP contribution < -0.4 is 9.47 Å². The second-order valence-electron chi connectivity index (χ2n) is 7.19. The summed E-state index contributed by atoms with van der Waals surface area (Å²) in [5.41, 5.74) is 6.44. The molecule has 0 bridgehead atoms. The van der Waals surface area contributed by atoms with E-state index in [1.54, 1.807) is 7.11 Å². The second-order valence-corrected chi connectivity index (χ2v) is 7.19. The van der Waals surface area contributed by atoms with Crippen LogP contribution in [0.5, 0.6) is 11.5 Å². The van der Waals surface area contributed by atoms with E-state index in [2.05, 4.69) is 46.8 Å². The molecule has 2 aromatic rings. The minimum Gasteiger partial charge on any atom is -0.496 e. The summed E-state index contributed by atoms with van der Waals surface area (Å²) in [6.45, 7) is 10.6. The molecule has 1 heterocycles. The smallest absolute Gasteiger partial charge is 0.127 e. The van der Waals surface area contributed by atoms with Crippen LogP contribution >= 0.6 is 0 Å². The molecule has 0 aromatic heterocycles. The zero-order chi connectivity index (χ0) is 17.6. The van der Waals surface area contributed by atoms with Crippen molar-refractivity contribution in [1.82, 2.24) is 0 Å². The van der Waals surface area contributed by atoms with E-state index in [0.29, 0.717) is 0 Å². The molecule has 0 aliphatic carbocycles. The fourth-order valence-corrected chi connectivity index (χ4v) is 3.95. The van der Waals surface area contributed by atoms with Crippen molar-refractivity contribution in [3.63, 3.8) is 0 Å². The van der Waals surface area contributed by atoms with E-state index in [9.17, 15) is 5.11 Å². The molecule has 0 amide bonds. The highest BCUT2D eigenvalue weighted by Gasteiger charge is 2.45. The normalized spacial score (nSPS) is 18.2. The number of rotatable bonds is 3. The van der Waals surface area contributed by atoms with Gasteiger partial charge >= 0.3 is 0 Å². The summed E-state index contributed by atoms with van der Waals surface area (Å²) in [6, 6.07) is 8.16. The van der Waals surface area contributed by atoms with Crippen LogP contribution in [0.2, 0.25) is 0 Å².